The fraction of sp³-hybridized carbons (Fsp3) is 0.562. The normalized spacial score (nSPS) is 16.1. The van der Waals surface area contributed by atoms with Crippen LogP contribution in [0, 0.1) is 0 Å². The fourth-order valence-electron chi connectivity index (χ4n) is 2.47. The first-order valence-corrected chi connectivity index (χ1v) is 7.61. The van der Waals surface area contributed by atoms with Gasteiger partial charge in [0.2, 0.25) is 0 Å². The number of amides is 2. The van der Waals surface area contributed by atoms with E-state index in [0.29, 0.717) is 6.54 Å². The summed E-state index contributed by atoms with van der Waals surface area (Å²) in [7, 11) is 1.92. The van der Waals surface area contributed by atoms with E-state index in [2.05, 4.69) is 17.6 Å². The van der Waals surface area contributed by atoms with Crippen LogP contribution in [0.3, 0.4) is 0 Å². The van der Waals surface area contributed by atoms with Gasteiger partial charge in [-0.05, 0) is 50.9 Å². The molecule has 2 rings (SSSR count). The van der Waals surface area contributed by atoms with Gasteiger partial charge in [-0.15, -0.1) is 0 Å². The van der Waals surface area contributed by atoms with Gasteiger partial charge in [0.15, 0.2) is 0 Å². The zero-order valence-electron chi connectivity index (χ0n) is 12.8. The van der Waals surface area contributed by atoms with Crippen LogP contribution in [0.4, 0.5) is 10.5 Å². The predicted octanol–water partition coefficient (Wildman–Crippen LogP) is 2.35. The largest absolute Gasteiger partial charge is 0.395 e. The number of anilines is 1. The van der Waals surface area contributed by atoms with Gasteiger partial charge in [-0.2, -0.15) is 0 Å². The van der Waals surface area contributed by atoms with Crippen molar-refractivity contribution >= 4 is 11.7 Å². The van der Waals surface area contributed by atoms with Gasteiger partial charge in [0.05, 0.1) is 6.61 Å². The van der Waals surface area contributed by atoms with Gasteiger partial charge in [0.1, 0.15) is 0 Å². The highest BCUT2D eigenvalue weighted by Gasteiger charge is 2.28. The molecule has 3 N–H and O–H groups in total. The molecule has 1 aromatic carbocycles. The first-order chi connectivity index (χ1) is 10.2. The molecule has 1 aliphatic carbocycles. The Bertz CT molecular complexity index is 457. The van der Waals surface area contributed by atoms with Crippen molar-refractivity contribution in [1.29, 1.82) is 0 Å². The fourth-order valence-corrected chi connectivity index (χ4v) is 2.47. The number of rotatable bonds is 6. The number of hydrogen-bond acceptors (Lipinski definition) is 3. The molecule has 1 aromatic rings. The molecule has 0 heterocycles. The maximum absolute atomic E-state index is 12.3. The average Bonchev–Trinajstić information content (AvgIpc) is 2.45. The number of hydrogen-bond donors (Lipinski definition) is 3. The monoisotopic (exact) mass is 291 g/mol. The lowest BCUT2D eigenvalue weighted by Gasteiger charge is -2.37. The Hall–Kier alpha value is -1.59. The third-order valence-corrected chi connectivity index (χ3v) is 4.21. The van der Waals surface area contributed by atoms with Crippen molar-refractivity contribution < 1.29 is 9.90 Å². The van der Waals surface area contributed by atoms with Gasteiger partial charge in [0, 0.05) is 24.3 Å². The van der Waals surface area contributed by atoms with Gasteiger partial charge in [-0.3, -0.25) is 0 Å². The molecule has 1 unspecified atom stereocenters. The van der Waals surface area contributed by atoms with Crippen LogP contribution >= 0.6 is 0 Å². The van der Waals surface area contributed by atoms with Gasteiger partial charge in [0.25, 0.3) is 0 Å². The molecule has 116 valence electrons. The van der Waals surface area contributed by atoms with Crippen molar-refractivity contribution in [2.45, 2.75) is 38.3 Å². The Morgan fingerprint density at radius 1 is 1.38 bits per heavy atom. The van der Waals surface area contributed by atoms with E-state index in [1.165, 1.54) is 5.56 Å². The van der Waals surface area contributed by atoms with Crippen molar-refractivity contribution in [1.82, 2.24) is 10.2 Å². The molecule has 0 spiro atoms. The number of carbonyl (C=O) groups excluding carboxylic acids is 1. The van der Waals surface area contributed by atoms with E-state index < -0.39 is 0 Å². The summed E-state index contributed by atoms with van der Waals surface area (Å²) in [5, 5.41) is 15.2. The van der Waals surface area contributed by atoms with E-state index in [1.54, 1.807) is 4.90 Å². The van der Waals surface area contributed by atoms with Gasteiger partial charge in [-0.1, -0.05) is 12.1 Å². The van der Waals surface area contributed by atoms with Crippen molar-refractivity contribution in [3.05, 3.63) is 29.8 Å². The Morgan fingerprint density at radius 3 is 2.52 bits per heavy atom. The maximum Gasteiger partial charge on any atom is 0.322 e. The molecule has 0 saturated heterocycles. The zero-order chi connectivity index (χ0) is 15.2. The van der Waals surface area contributed by atoms with Gasteiger partial charge >= 0.3 is 6.03 Å². The molecule has 0 aliphatic heterocycles. The number of benzene rings is 1. The Labute approximate surface area is 126 Å². The highest BCUT2D eigenvalue weighted by Crippen LogP contribution is 2.25. The zero-order valence-corrected chi connectivity index (χ0v) is 12.8. The first kappa shape index (κ1) is 15.8. The van der Waals surface area contributed by atoms with Crippen molar-refractivity contribution in [2.75, 3.05) is 25.5 Å². The van der Waals surface area contributed by atoms with E-state index in [9.17, 15) is 4.79 Å². The highest BCUT2D eigenvalue weighted by atomic mass is 16.3. The number of aliphatic hydroxyl groups is 1. The summed E-state index contributed by atoms with van der Waals surface area (Å²) in [6.45, 7) is 2.49. The summed E-state index contributed by atoms with van der Waals surface area (Å²) in [5.74, 6) is 0. The molecule has 1 aliphatic rings. The van der Waals surface area contributed by atoms with Crippen LogP contribution in [-0.4, -0.2) is 42.3 Å². The maximum atomic E-state index is 12.3. The van der Waals surface area contributed by atoms with Crippen LogP contribution in [-0.2, 0) is 0 Å². The van der Waals surface area contributed by atoms with E-state index in [0.717, 1.165) is 24.9 Å². The summed E-state index contributed by atoms with van der Waals surface area (Å²) >= 11 is 0. The standard InChI is InChI=1S/C16H25N3O2/c1-12(17-2)13-6-8-14(9-7-13)18-16(21)19(10-11-20)15-4-3-5-15/h6-9,12,15,17,20H,3-5,10-11H2,1-2H3,(H,18,21). The third-order valence-electron chi connectivity index (χ3n) is 4.21. The number of nitrogens with zero attached hydrogens (tertiary/aromatic N) is 1. The van der Waals surface area contributed by atoms with Crippen LogP contribution in [0.1, 0.15) is 37.8 Å². The smallest absolute Gasteiger partial charge is 0.322 e. The van der Waals surface area contributed by atoms with Crippen LogP contribution < -0.4 is 10.6 Å². The van der Waals surface area contributed by atoms with Crippen LogP contribution in [0.15, 0.2) is 24.3 Å². The summed E-state index contributed by atoms with van der Waals surface area (Å²) in [6, 6.07) is 8.30. The first-order valence-electron chi connectivity index (χ1n) is 7.61. The van der Waals surface area contributed by atoms with E-state index in [-0.39, 0.29) is 24.7 Å². The Balaban J connectivity index is 1.97. The second-order valence-electron chi connectivity index (χ2n) is 5.56. The van der Waals surface area contributed by atoms with Gasteiger partial charge < -0.3 is 20.6 Å². The molecule has 2 amide bonds. The minimum absolute atomic E-state index is 0.00252. The quantitative estimate of drug-likeness (QED) is 0.754. The number of aliphatic hydroxyl groups excluding tert-OH is 1. The van der Waals surface area contributed by atoms with E-state index in [4.69, 9.17) is 5.11 Å². The molecular weight excluding hydrogens is 266 g/mol. The van der Waals surface area contributed by atoms with Crippen molar-refractivity contribution in [3.63, 3.8) is 0 Å². The molecule has 0 radical (unpaired) electrons. The second kappa shape index (κ2) is 7.43. The average molecular weight is 291 g/mol. The van der Waals surface area contributed by atoms with Crippen molar-refractivity contribution in [2.24, 2.45) is 0 Å². The highest BCUT2D eigenvalue weighted by molar-refractivity contribution is 5.89. The van der Waals surface area contributed by atoms with Crippen LogP contribution in [0.25, 0.3) is 0 Å². The molecule has 5 heteroatoms. The predicted molar refractivity (Wildman–Crippen MR) is 84.4 cm³/mol. The minimum Gasteiger partial charge on any atom is -0.395 e. The summed E-state index contributed by atoms with van der Waals surface area (Å²) in [4.78, 5) is 14.0. The lowest BCUT2D eigenvalue weighted by Crippen LogP contribution is -2.47. The molecule has 0 aromatic heterocycles. The SMILES string of the molecule is CNC(C)c1ccc(NC(=O)N(CCO)C2CCC2)cc1. The number of nitrogens with one attached hydrogen (secondary N) is 2. The number of carbonyl (C=O) groups is 1. The van der Waals surface area contributed by atoms with Crippen LogP contribution in [0.2, 0.25) is 0 Å². The molecule has 1 atom stereocenters. The summed E-state index contributed by atoms with van der Waals surface area (Å²) < 4.78 is 0. The Morgan fingerprint density at radius 2 is 2.05 bits per heavy atom. The van der Waals surface area contributed by atoms with Crippen molar-refractivity contribution in [3.8, 4) is 0 Å². The van der Waals surface area contributed by atoms with Gasteiger partial charge in [-0.25, -0.2) is 4.79 Å². The molecule has 1 fully saturated rings. The second-order valence-corrected chi connectivity index (χ2v) is 5.56. The lowest BCUT2D eigenvalue weighted by molar-refractivity contribution is 0.127. The topological polar surface area (TPSA) is 64.6 Å². The molecular formula is C16H25N3O2. The summed E-state index contributed by atoms with van der Waals surface area (Å²) in [5.41, 5.74) is 1.97. The molecule has 21 heavy (non-hydrogen) atoms. The third kappa shape index (κ3) is 3.95. The molecule has 5 nitrogen and oxygen atoms in total. The summed E-state index contributed by atoms with van der Waals surface area (Å²) in [6.07, 6.45) is 3.23. The number of urea groups is 1. The molecule has 0 bridgehead atoms. The lowest BCUT2D eigenvalue weighted by atomic mass is 9.92. The van der Waals surface area contributed by atoms with E-state index >= 15 is 0 Å². The van der Waals surface area contributed by atoms with Crippen LogP contribution in [0.5, 0.6) is 0 Å². The molecule has 1 saturated carbocycles. The minimum atomic E-state index is -0.122. The Kier molecular flexibility index (Phi) is 5.59. The van der Waals surface area contributed by atoms with E-state index in [1.807, 2.05) is 31.3 Å².